The molecule has 198 valence electrons. The largest absolute Gasteiger partial charge is 0.376 e. The minimum Gasteiger partial charge on any atom is -0.376 e. The van der Waals surface area contributed by atoms with Crippen molar-refractivity contribution < 1.29 is 9.13 Å². The van der Waals surface area contributed by atoms with E-state index in [2.05, 4.69) is 43.3 Å². The molecular formula is C28H32FN7O2. The molecule has 2 aromatic carbocycles. The predicted octanol–water partition coefficient (Wildman–Crippen LogP) is 3.36. The molecule has 0 unspecified atom stereocenters. The Morgan fingerprint density at radius 3 is 2.63 bits per heavy atom. The molecule has 0 spiro atoms. The maximum Gasteiger partial charge on any atom is 0.253 e. The van der Waals surface area contributed by atoms with Crippen molar-refractivity contribution in [1.82, 2.24) is 30.1 Å². The summed E-state index contributed by atoms with van der Waals surface area (Å²) in [5, 5.41) is 13.8. The summed E-state index contributed by atoms with van der Waals surface area (Å²) in [6.07, 6.45) is 2.06. The Morgan fingerprint density at radius 1 is 1.11 bits per heavy atom. The first-order chi connectivity index (χ1) is 18.5. The van der Waals surface area contributed by atoms with Crippen LogP contribution in [0.3, 0.4) is 0 Å². The molecule has 6 rings (SSSR count). The van der Waals surface area contributed by atoms with E-state index in [1.165, 1.54) is 12.1 Å². The normalized spacial score (nSPS) is 19.3. The number of nitrogens with one attached hydrogen (secondary N) is 1. The lowest BCUT2D eigenvalue weighted by Gasteiger charge is -2.39. The number of nitrogens with zero attached hydrogens (tertiary/aromatic N) is 6. The summed E-state index contributed by atoms with van der Waals surface area (Å²) in [6.45, 7) is 8.26. The number of hydrogen-bond donors (Lipinski definition) is 1. The Kier molecular flexibility index (Phi) is 6.67. The number of pyridine rings is 1. The van der Waals surface area contributed by atoms with Crippen molar-refractivity contribution in [3.05, 3.63) is 81.2 Å². The van der Waals surface area contributed by atoms with Gasteiger partial charge in [-0.25, -0.2) is 9.07 Å². The number of ether oxygens (including phenoxy) is 1. The second kappa shape index (κ2) is 10.3. The average molecular weight is 518 g/mol. The zero-order valence-electron chi connectivity index (χ0n) is 21.7. The van der Waals surface area contributed by atoms with Crippen LogP contribution in [0.25, 0.3) is 10.9 Å². The number of aromatic amines is 1. The Morgan fingerprint density at radius 2 is 1.89 bits per heavy atom. The van der Waals surface area contributed by atoms with E-state index in [-0.39, 0.29) is 17.5 Å². The number of benzene rings is 2. The van der Waals surface area contributed by atoms with Gasteiger partial charge in [0, 0.05) is 54.9 Å². The number of tetrazole rings is 1. The first kappa shape index (κ1) is 24.7. The van der Waals surface area contributed by atoms with Crippen LogP contribution in [0.15, 0.2) is 47.3 Å². The number of aromatic nitrogens is 5. The lowest BCUT2D eigenvalue weighted by atomic mass is 9.99. The van der Waals surface area contributed by atoms with E-state index in [0.29, 0.717) is 31.0 Å². The van der Waals surface area contributed by atoms with Crippen molar-refractivity contribution in [1.29, 1.82) is 0 Å². The number of rotatable bonds is 6. The van der Waals surface area contributed by atoms with Crippen molar-refractivity contribution in [2.45, 2.75) is 45.4 Å². The molecule has 2 aliphatic rings. The molecule has 9 nitrogen and oxygen atoms in total. The Balaban J connectivity index is 1.38. The number of anilines is 1. The van der Waals surface area contributed by atoms with Gasteiger partial charge < -0.3 is 14.6 Å². The number of hydrogen-bond acceptors (Lipinski definition) is 7. The SMILES string of the molecule is Cc1cc(C)c2cc([C@@H](c3nnnn3C[C@H]3CCCO3)N3CCN(c4ccc(F)cc4)CC3)c(=O)[nH]c2c1. The minimum atomic E-state index is -0.421. The molecule has 0 saturated carbocycles. The second-order valence-electron chi connectivity index (χ2n) is 10.4. The predicted molar refractivity (Wildman–Crippen MR) is 143 cm³/mol. The van der Waals surface area contributed by atoms with Crippen LogP contribution in [-0.2, 0) is 11.3 Å². The van der Waals surface area contributed by atoms with Crippen molar-refractivity contribution >= 4 is 16.6 Å². The fourth-order valence-corrected chi connectivity index (χ4v) is 5.80. The summed E-state index contributed by atoms with van der Waals surface area (Å²) >= 11 is 0. The highest BCUT2D eigenvalue weighted by Gasteiger charge is 2.33. The molecule has 0 amide bonds. The molecule has 2 aromatic heterocycles. The molecule has 2 saturated heterocycles. The number of halogens is 1. The lowest BCUT2D eigenvalue weighted by Crippen LogP contribution is -2.49. The Labute approximate surface area is 220 Å². The Hall–Kier alpha value is -3.63. The first-order valence-electron chi connectivity index (χ1n) is 13.2. The highest BCUT2D eigenvalue weighted by atomic mass is 19.1. The van der Waals surface area contributed by atoms with Gasteiger partial charge in [-0.2, -0.15) is 0 Å². The number of piperazine rings is 1. The van der Waals surface area contributed by atoms with Crippen LogP contribution in [0.5, 0.6) is 0 Å². The van der Waals surface area contributed by atoms with E-state index in [0.717, 1.165) is 60.3 Å². The topological polar surface area (TPSA) is 92.2 Å². The zero-order valence-corrected chi connectivity index (χ0v) is 21.7. The third-order valence-corrected chi connectivity index (χ3v) is 7.71. The van der Waals surface area contributed by atoms with Gasteiger partial charge >= 0.3 is 0 Å². The molecule has 2 atom stereocenters. The van der Waals surface area contributed by atoms with E-state index < -0.39 is 6.04 Å². The van der Waals surface area contributed by atoms with Crippen LogP contribution in [0, 0.1) is 19.7 Å². The van der Waals surface area contributed by atoms with Gasteiger partial charge in [-0.3, -0.25) is 9.69 Å². The smallest absolute Gasteiger partial charge is 0.253 e. The maximum atomic E-state index is 13.6. The summed E-state index contributed by atoms with van der Waals surface area (Å²) in [4.78, 5) is 21.2. The van der Waals surface area contributed by atoms with Gasteiger partial charge in [0.2, 0.25) is 0 Å². The molecule has 4 heterocycles. The molecular weight excluding hydrogens is 485 g/mol. The lowest BCUT2D eigenvalue weighted by molar-refractivity contribution is 0.0906. The molecule has 4 aromatic rings. The Bertz CT molecular complexity index is 1490. The molecule has 10 heteroatoms. The van der Waals surface area contributed by atoms with Gasteiger partial charge in [-0.05, 0) is 84.6 Å². The van der Waals surface area contributed by atoms with Crippen LogP contribution in [0.1, 0.15) is 41.4 Å². The van der Waals surface area contributed by atoms with Gasteiger partial charge in [-0.1, -0.05) is 6.07 Å². The van der Waals surface area contributed by atoms with Crippen molar-refractivity contribution in [2.24, 2.45) is 0 Å². The molecule has 0 bridgehead atoms. The number of fused-ring (bicyclic) bond motifs is 1. The zero-order chi connectivity index (χ0) is 26.2. The van der Waals surface area contributed by atoms with E-state index in [9.17, 15) is 9.18 Å². The molecule has 2 aliphatic heterocycles. The van der Waals surface area contributed by atoms with E-state index in [1.54, 1.807) is 4.68 Å². The van der Waals surface area contributed by atoms with Gasteiger partial charge in [0.1, 0.15) is 11.9 Å². The average Bonchev–Trinajstić information content (AvgIpc) is 3.59. The van der Waals surface area contributed by atoms with E-state index >= 15 is 0 Å². The van der Waals surface area contributed by atoms with Crippen LogP contribution < -0.4 is 10.5 Å². The first-order valence-corrected chi connectivity index (χ1v) is 13.2. The summed E-state index contributed by atoms with van der Waals surface area (Å²) in [7, 11) is 0. The van der Waals surface area contributed by atoms with Crippen molar-refractivity contribution in [2.75, 3.05) is 37.7 Å². The summed E-state index contributed by atoms with van der Waals surface area (Å²) in [5.41, 5.74) is 4.52. The van der Waals surface area contributed by atoms with Crippen molar-refractivity contribution in [3.63, 3.8) is 0 Å². The molecule has 1 N–H and O–H groups in total. The van der Waals surface area contributed by atoms with Crippen molar-refractivity contribution in [3.8, 4) is 0 Å². The minimum absolute atomic E-state index is 0.0633. The molecule has 0 radical (unpaired) electrons. The number of H-pyrrole nitrogens is 1. The monoisotopic (exact) mass is 517 g/mol. The maximum absolute atomic E-state index is 13.6. The quantitative estimate of drug-likeness (QED) is 0.419. The van der Waals surface area contributed by atoms with E-state index in [4.69, 9.17) is 4.74 Å². The van der Waals surface area contributed by atoms with Gasteiger partial charge in [0.05, 0.1) is 12.6 Å². The number of aryl methyl sites for hydroxylation is 2. The van der Waals surface area contributed by atoms with Gasteiger partial charge in [-0.15, -0.1) is 5.10 Å². The third kappa shape index (κ3) is 4.81. The molecule has 0 aliphatic carbocycles. The molecule has 2 fully saturated rings. The molecule has 38 heavy (non-hydrogen) atoms. The standard InChI is InChI=1S/C28H32FN7O2/c1-18-14-19(2)23-16-24(28(37)30-25(23)15-18)26(27-31-32-33-36(27)17-22-4-3-13-38-22)35-11-9-34(10-12-35)21-7-5-20(29)6-8-21/h5-8,14-16,22,26H,3-4,9-13,17H2,1-2H3,(H,30,37)/t22-,26+/m1/s1. The highest BCUT2D eigenvalue weighted by molar-refractivity contribution is 5.83. The second-order valence-corrected chi connectivity index (χ2v) is 10.4. The summed E-state index contributed by atoms with van der Waals surface area (Å²) in [6, 6.07) is 12.3. The fraction of sp³-hybridized carbons (Fsp3) is 0.429. The van der Waals surface area contributed by atoms with Crippen LogP contribution in [0.4, 0.5) is 10.1 Å². The van der Waals surface area contributed by atoms with Gasteiger partial charge in [0.15, 0.2) is 5.82 Å². The van der Waals surface area contributed by atoms with E-state index in [1.807, 2.05) is 31.2 Å². The fourth-order valence-electron chi connectivity index (χ4n) is 5.80. The van der Waals surface area contributed by atoms with Crippen LogP contribution >= 0.6 is 0 Å². The summed E-state index contributed by atoms with van der Waals surface area (Å²) < 4.78 is 21.1. The third-order valence-electron chi connectivity index (χ3n) is 7.71. The highest BCUT2D eigenvalue weighted by Crippen LogP contribution is 2.30. The van der Waals surface area contributed by atoms with Crippen LogP contribution in [-0.4, -0.2) is 69.0 Å². The van der Waals surface area contributed by atoms with Gasteiger partial charge in [0.25, 0.3) is 5.56 Å². The van der Waals surface area contributed by atoms with Crippen LogP contribution in [0.2, 0.25) is 0 Å². The summed E-state index contributed by atoms with van der Waals surface area (Å²) in [5.74, 6) is 0.400.